The van der Waals surface area contributed by atoms with E-state index in [0.717, 1.165) is 0 Å². The van der Waals surface area contributed by atoms with Crippen molar-refractivity contribution in [3.63, 3.8) is 0 Å². The van der Waals surface area contributed by atoms with Gasteiger partial charge in [0.05, 0.1) is 5.69 Å². The zero-order chi connectivity index (χ0) is 14.6. The number of nitrogens with zero attached hydrogens (tertiary/aromatic N) is 1. The first-order valence-corrected chi connectivity index (χ1v) is 6.43. The molecular formula is C13H10BrF3N2O. The molecule has 0 saturated heterocycles. The fourth-order valence-corrected chi connectivity index (χ4v) is 1.97. The third-order valence-corrected chi connectivity index (χ3v) is 3.06. The summed E-state index contributed by atoms with van der Waals surface area (Å²) in [7, 11) is 0. The second kappa shape index (κ2) is 6.13. The van der Waals surface area contributed by atoms with E-state index in [2.05, 4.69) is 31.0 Å². The van der Waals surface area contributed by atoms with Gasteiger partial charge in [0.1, 0.15) is 10.4 Å². The number of para-hydroxylation sites is 1. The summed E-state index contributed by atoms with van der Waals surface area (Å²) in [6.45, 7) is 0.191. The maximum absolute atomic E-state index is 12.3. The van der Waals surface area contributed by atoms with Crippen LogP contribution in [0, 0.1) is 0 Å². The lowest BCUT2D eigenvalue weighted by Gasteiger charge is -2.14. The third kappa shape index (κ3) is 4.12. The highest BCUT2D eigenvalue weighted by molar-refractivity contribution is 9.10. The highest BCUT2D eigenvalue weighted by atomic mass is 79.9. The van der Waals surface area contributed by atoms with Gasteiger partial charge in [0.15, 0.2) is 0 Å². The molecule has 1 heterocycles. The van der Waals surface area contributed by atoms with E-state index in [-0.39, 0.29) is 12.3 Å². The van der Waals surface area contributed by atoms with E-state index >= 15 is 0 Å². The zero-order valence-corrected chi connectivity index (χ0v) is 11.7. The predicted octanol–water partition coefficient (Wildman–Crippen LogP) is 4.35. The Morgan fingerprint density at radius 2 is 1.90 bits per heavy atom. The molecule has 2 aromatic rings. The molecule has 0 aliphatic carbocycles. The molecule has 0 spiro atoms. The summed E-state index contributed by atoms with van der Waals surface area (Å²) < 4.78 is 41.4. The topological polar surface area (TPSA) is 34.1 Å². The van der Waals surface area contributed by atoms with Crippen LogP contribution in [0.2, 0.25) is 0 Å². The van der Waals surface area contributed by atoms with Gasteiger partial charge in [0.2, 0.25) is 0 Å². The van der Waals surface area contributed by atoms with Crippen molar-refractivity contribution < 1.29 is 17.9 Å². The van der Waals surface area contributed by atoms with E-state index in [0.29, 0.717) is 15.9 Å². The smallest absolute Gasteiger partial charge is 0.405 e. The summed E-state index contributed by atoms with van der Waals surface area (Å²) in [6.07, 6.45) is -3.10. The van der Waals surface area contributed by atoms with E-state index in [4.69, 9.17) is 0 Å². The first kappa shape index (κ1) is 14.6. The van der Waals surface area contributed by atoms with Crippen LogP contribution in [0.15, 0.2) is 47.2 Å². The average Bonchev–Trinajstić information content (AvgIpc) is 2.37. The van der Waals surface area contributed by atoms with Gasteiger partial charge in [-0.2, -0.15) is 0 Å². The molecule has 0 aliphatic heterocycles. The number of rotatable bonds is 4. The standard InChI is InChI=1S/C13H10BrF3N2O/c14-12-10(5-3-7-18-12)19-8-9-4-1-2-6-11(9)20-13(15,16)17/h1-7,19H,8H2. The van der Waals surface area contributed by atoms with Gasteiger partial charge in [-0.1, -0.05) is 18.2 Å². The number of alkyl halides is 3. The molecule has 0 fully saturated rings. The van der Waals surface area contributed by atoms with Crippen LogP contribution in [0.3, 0.4) is 0 Å². The number of anilines is 1. The number of ether oxygens (including phenoxy) is 1. The summed E-state index contributed by atoms with van der Waals surface area (Å²) in [4.78, 5) is 4.02. The normalized spacial score (nSPS) is 11.2. The van der Waals surface area contributed by atoms with E-state index in [9.17, 15) is 13.2 Å². The van der Waals surface area contributed by atoms with Gasteiger partial charge in [-0.25, -0.2) is 4.98 Å². The van der Waals surface area contributed by atoms with Crippen molar-refractivity contribution in [2.75, 3.05) is 5.32 Å². The quantitative estimate of drug-likeness (QED) is 0.835. The molecule has 0 atom stereocenters. The number of hydrogen-bond acceptors (Lipinski definition) is 3. The lowest BCUT2D eigenvalue weighted by atomic mass is 10.2. The van der Waals surface area contributed by atoms with Gasteiger partial charge >= 0.3 is 6.36 Å². The number of hydrogen-bond donors (Lipinski definition) is 1. The van der Waals surface area contributed by atoms with Crippen LogP contribution >= 0.6 is 15.9 Å². The molecule has 106 valence electrons. The SMILES string of the molecule is FC(F)(F)Oc1ccccc1CNc1cccnc1Br. The molecule has 20 heavy (non-hydrogen) atoms. The second-order valence-electron chi connectivity index (χ2n) is 3.85. The third-order valence-electron chi connectivity index (χ3n) is 2.43. The molecule has 0 aliphatic rings. The average molecular weight is 347 g/mol. The van der Waals surface area contributed by atoms with Crippen LogP contribution in [0.25, 0.3) is 0 Å². The van der Waals surface area contributed by atoms with Crippen LogP contribution in [0.1, 0.15) is 5.56 Å². The molecule has 0 radical (unpaired) electrons. The Morgan fingerprint density at radius 3 is 2.60 bits per heavy atom. The summed E-state index contributed by atoms with van der Waals surface area (Å²) in [6, 6.07) is 9.49. The largest absolute Gasteiger partial charge is 0.573 e. The Hall–Kier alpha value is -1.76. The van der Waals surface area contributed by atoms with Crippen molar-refractivity contribution in [3.05, 3.63) is 52.8 Å². The monoisotopic (exact) mass is 346 g/mol. The van der Waals surface area contributed by atoms with E-state index in [1.807, 2.05) is 0 Å². The molecule has 7 heteroatoms. The lowest BCUT2D eigenvalue weighted by molar-refractivity contribution is -0.274. The zero-order valence-electron chi connectivity index (χ0n) is 10.1. The molecule has 1 aromatic carbocycles. The summed E-state index contributed by atoms with van der Waals surface area (Å²) in [5, 5.41) is 3.00. The first-order chi connectivity index (χ1) is 9.46. The van der Waals surface area contributed by atoms with Crippen molar-refractivity contribution in [2.45, 2.75) is 12.9 Å². The molecule has 0 unspecified atom stereocenters. The fraction of sp³-hybridized carbons (Fsp3) is 0.154. The number of pyridine rings is 1. The molecule has 0 amide bonds. The highest BCUT2D eigenvalue weighted by Gasteiger charge is 2.31. The van der Waals surface area contributed by atoms with Gasteiger partial charge in [0.25, 0.3) is 0 Å². The predicted molar refractivity (Wildman–Crippen MR) is 72.4 cm³/mol. The minimum Gasteiger partial charge on any atom is -0.405 e. The van der Waals surface area contributed by atoms with Gasteiger partial charge in [-0.05, 0) is 34.1 Å². The van der Waals surface area contributed by atoms with E-state index in [1.165, 1.54) is 12.1 Å². The molecule has 1 aromatic heterocycles. The van der Waals surface area contributed by atoms with Crippen molar-refractivity contribution in [1.29, 1.82) is 0 Å². The van der Waals surface area contributed by atoms with Crippen molar-refractivity contribution >= 4 is 21.6 Å². The van der Waals surface area contributed by atoms with Gasteiger partial charge < -0.3 is 10.1 Å². The maximum atomic E-state index is 12.3. The Labute approximate surface area is 121 Å². The summed E-state index contributed by atoms with van der Waals surface area (Å²) >= 11 is 3.25. The van der Waals surface area contributed by atoms with Crippen LogP contribution in [0.5, 0.6) is 5.75 Å². The fourth-order valence-electron chi connectivity index (χ4n) is 1.58. The minimum absolute atomic E-state index is 0.191. The van der Waals surface area contributed by atoms with Crippen LogP contribution < -0.4 is 10.1 Å². The molecular weight excluding hydrogens is 337 g/mol. The van der Waals surface area contributed by atoms with Crippen molar-refractivity contribution in [3.8, 4) is 5.75 Å². The van der Waals surface area contributed by atoms with E-state index in [1.54, 1.807) is 30.5 Å². The van der Waals surface area contributed by atoms with Crippen LogP contribution in [0.4, 0.5) is 18.9 Å². The minimum atomic E-state index is -4.70. The Morgan fingerprint density at radius 1 is 1.15 bits per heavy atom. The molecule has 2 rings (SSSR count). The summed E-state index contributed by atoms with van der Waals surface area (Å²) in [5.74, 6) is -0.215. The Bertz CT molecular complexity index is 590. The maximum Gasteiger partial charge on any atom is 0.573 e. The first-order valence-electron chi connectivity index (χ1n) is 5.64. The number of halogens is 4. The van der Waals surface area contributed by atoms with Gasteiger partial charge in [0, 0.05) is 18.3 Å². The van der Waals surface area contributed by atoms with Gasteiger partial charge in [-0.15, -0.1) is 13.2 Å². The molecule has 3 nitrogen and oxygen atoms in total. The van der Waals surface area contributed by atoms with Crippen molar-refractivity contribution in [2.24, 2.45) is 0 Å². The molecule has 0 saturated carbocycles. The lowest BCUT2D eigenvalue weighted by Crippen LogP contribution is -2.18. The Kier molecular flexibility index (Phi) is 4.49. The molecule has 1 N–H and O–H groups in total. The Balaban J connectivity index is 2.12. The molecule has 0 bridgehead atoms. The second-order valence-corrected chi connectivity index (χ2v) is 4.60. The van der Waals surface area contributed by atoms with Crippen LogP contribution in [-0.4, -0.2) is 11.3 Å². The van der Waals surface area contributed by atoms with E-state index < -0.39 is 6.36 Å². The summed E-state index contributed by atoms with van der Waals surface area (Å²) in [5.41, 5.74) is 1.09. The van der Waals surface area contributed by atoms with Crippen LogP contribution in [-0.2, 0) is 6.54 Å². The van der Waals surface area contributed by atoms with Gasteiger partial charge in [-0.3, -0.25) is 0 Å². The highest BCUT2D eigenvalue weighted by Crippen LogP contribution is 2.27. The van der Waals surface area contributed by atoms with Crippen molar-refractivity contribution in [1.82, 2.24) is 4.98 Å². The number of aromatic nitrogens is 1. The number of nitrogens with one attached hydrogen (secondary N) is 1. The number of benzene rings is 1.